The number of halogens is 3. The van der Waals surface area contributed by atoms with E-state index in [1.165, 1.54) is 29.8 Å². The van der Waals surface area contributed by atoms with Gasteiger partial charge < -0.3 is 9.80 Å². The number of amides is 2. The van der Waals surface area contributed by atoms with E-state index < -0.39 is 23.7 Å². The summed E-state index contributed by atoms with van der Waals surface area (Å²) in [5.74, 6) is -0.513. The van der Waals surface area contributed by atoms with E-state index in [9.17, 15) is 22.8 Å². The third-order valence-corrected chi connectivity index (χ3v) is 8.00. The van der Waals surface area contributed by atoms with Gasteiger partial charge in [0, 0.05) is 51.8 Å². The number of nitrogens with zero attached hydrogens (tertiary/aromatic N) is 3. The third kappa shape index (κ3) is 8.92. The third-order valence-electron chi connectivity index (χ3n) is 8.00. The second-order valence-corrected chi connectivity index (χ2v) is 11.2. The number of hydrogen-bond acceptors (Lipinski definition) is 3. The van der Waals surface area contributed by atoms with Gasteiger partial charge in [0.1, 0.15) is 6.04 Å². The Morgan fingerprint density at radius 2 is 1.24 bits per heavy atom. The molecule has 0 spiro atoms. The minimum absolute atomic E-state index is 0.120. The second-order valence-electron chi connectivity index (χ2n) is 11.2. The molecule has 4 aromatic rings. The van der Waals surface area contributed by atoms with E-state index in [4.69, 9.17) is 0 Å². The van der Waals surface area contributed by atoms with Crippen molar-refractivity contribution in [1.29, 1.82) is 0 Å². The van der Waals surface area contributed by atoms with Crippen LogP contribution in [0.4, 0.5) is 13.2 Å². The Morgan fingerprint density at radius 1 is 0.711 bits per heavy atom. The van der Waals surface area contributed by atoms with E-state index in [1.54, 1.807) is 4.90 Å². The summed E-state index contributed by atoms with van der Waals surface area (Å²) in [6.07, 6.45) is -1.28. The van der Waals surface area contributed by atoms with Crippen molar-refractivity contribution in [1.82, 2.24) is 14.7 Å². The molecule has 232 valence electrons. The van der Waals surface area contributed by atoms with E-state index in [0.29, 0.717) is 25.1 Å². The van der Waals surface area contributed by atoms with Gasteiger partial charge in [-0.1, -0.05) is 103 Å². The SMILES string of the molecule is O=C([C@H](Cc1ccccc1)N(Cc1ccccc1)C(=O)/C=C/c1ccc(C(F)(F)F)cc1)N1CCN(Cc2ccccc2)CC1. The Morgan fingerprint density at radius 3 is 1.80 bits per heavy atom. The molecule has 5 rings (SSSR count). The molecule has 1 aliphatic heterocycles. The monoisotopic (exact) mass is 611 g/mol. The predicted octanol–water partition coefficient (Wildman–Crippen LogP) is 6.70. The zero-order valence-electron chi connectivity index (χ0n) is 24.9. The fourth-order valence-electron chi connectivity index (χ4n) is 5.52. The molecule has 2 amide bonds. The number of carbonyl (C=O) groups excluding carboxylic acids is 2. The second kappa shape index (κ2) is 14.9. The first-order valence-corrected chi connectivity index (χ1v) is 15.0. The van der Waals surface area contributed by atoms with E-state index in [-0.39, 0.29) is 12.5 Å². The molecule has 1 aliphatic rings. The van der Waals surface area contributed by atoms with Crippen LogP contribution in [0.5, 0.6) is 0 Å². The topological polar surface area (TPSA) is 43.9 Å². The zero-order valence-corrected chi connectivity index (χ0v) is 24.9. The summed E-state index contributed by atoms with van der Waals surface area (Å²) in [7, 11) is 0. The first kappa shape index (κ1) is 31.7. The summed E-state index contributed by atoms with van der Waals surface area (Å²) >= 11 is 0. The molecule has 0 bridgehead atoms. The van der Waals surface area contributed by atoms with Crippen LogP contribution in [0.15, 0.2) is 121 Å². The van der Waals surface area contributed by atoms with E-state index in [2.05, 4.69) is 17.0 Å². The molecule has 1 saturated heterocycles. The van der Waals surface area contributed by atoms with Crippen LogP contribution >= 0.6 is 0 Å². The van der Waals surface area contributed by atoms with Crippen LogP contribution in [0.25, 0.3) is 6.08 Å². The molecule has 0 unspecified atom stereocenters. The average molecular weight is 612 g/mol. The minimum Gasteiger partial charge on any atom is -0.338 e. The van der Waals surface area contributed by atoms with Crippen molar-refractivity contribution in [3.05, 3.63) is 149 Å². The quantitative estimate of drug-likeness (QED) is 0.188. The normalized spacial score (nSPS) is 14.8. The number of alkyl halides is 3. The lowest BCUT2D eigenvalue weighted by Gasteiger charge is -2.39. The van der Waals surface area contributed by atoms with Gasteiger partial charge in [-0.25, -0.2) is 0 Å². The molecule has 0 saturated carbocycles. The van der Waals surface area contributed by atoms with Crippen molar-refractivity contribution < 1.29 is 22.8 Å². The number of hydrogen-bond donors (Lipinski definition) is 0. The molecule has 0 aliphatic carbocycles. The van der Waals surface area contributed by atoms with Crippen molar-refractivity contribution in [2.24, 2.45) is 0 Å². The maximum atomic E-state index is 14.3. The molecule has 1 atom stereocenters. The maximum Gasteiger partial charge on any atom is 0.416 e. The first-order valence-electron chi connectivity index (χ1n) is 15.0. The predicted molar refractivity (Wildman–Crippen MR) is 170 cm³/mol. The number of benzene rings is 4. The molecule has 1 fully saturated rings. The van der Waals surface area contributed by atoms with Gasteiger partial charge in [-0.3, -0.25) is 14.5 Å². The van der Waals surface area contributed by atoms with Gasteiger partial charge in [-0.15, -0.1) is 0 Å². The Balaban J connectivity index is 1.39. The molecule has 0 radical (unpaired) electrons. The molecular weight excluding hydrogens is 575 g/mol. The van der Waals surface area contributed by atoms with Crippen LogP contribution < -0.4 is 0 Å². The summed E-state index contributed by atoms with van der Waals surface area (Å²) in [5, 5.41) is 0. The lowest BCUT2D eigenvalue weighted by atomic mass is 10.0. The highest BCUT2D eigenvalue weighted by Crippen LogP contribution is 2.29. The van der Waals surface area contributed by atoms with Crippen LogP contribution in [-0.2, 0) is 35.3 Å². The lowest BCUT2D eigenvalue weighted by molar-refractivity contribution is -0.145. The molecule has 5 nitrogen and oxygen atoms in total. The average Bonchev–Trinajstić information content (AvgIpc) is 3.06. The van der Waals surface area contributed by atoms with Gasteiger partial charge in [-0.05, 0) is 40.5 Å². The highest BCUT2D eigenvalue weighted by molar-refractivity contribution is 5.95. The van der Waals surface area contributed by atoms with E-state index in [0.717, 1.165) is 42.9 Å². The Labute approximate surface area is 262 Å². The molecule has 0 aromatic heterocycles. The van der Waals surface area contributed by atoms with Crippen LogP contribution in [0.3, 0.4) is 0 Å². The summed E-state index contributed by atoms with van der Waals surface area (Å²) in [5.41, 5.74) is 2.72. The van der Waals surface area contributed by atoms with Crippen molar-refractivity contribution in [3.63, 3.8) is 0 Å². The molecule has 1 heterocycles. The Hall–Kier alpha value is -4.69. The van der Waals surface area contributed by atoms with Gasteiger partial charge in [0.25, 0.3) is 0 Å². The lowest BCUT2D eigenvalue weighted by Crippen LogP contribution is -2.56. The largest absolute Gasteiger partial charge is 0.416 e. The smallest absolute Gasteiger partial charge is 0.338 e. The van der Waals surface area contributed by atoms with Crippen molar-refractivity contribution in [2.75, 3.05) is 26.2 Å². The molecular formula is C37H36F3N3O2. The fraction of sp³-hybridized carbons (Fsp3) is 0.243. The van der Waals surface area contributed by atoms with Gasteiger partial charge in [0.05, 0.1) is 5.56 Å². The summed E-state index contributed by atoms with van der Waals surface area (Å²) < 4.78 is 39.1. The first-order chi connectivity index (χ1) is 21.8. The maximum absolute atomic E-state index is 14.3. The Kier molecular flexibility index (Phi) is 10.5. The van der Waals surface area contributed by atoms with Gasteiger partial charge in [0.15, 0.2) is 0 Å². The van der Waals surface area contributed by atoms with Gasteiger partial charge in [0.2, 0.25) is 11.8 Å². The van der Waals surface area contributed by atoms with Crippen LogP contribution in [-0.4, -0.2) is 58.7 Å². The molecule has 4 aromatic carbocycles. The summed E-state index contributed by atoms with van der Waals surface area (Å²) in [4.78, 5) is 34.0. The highest BCUT2D eigenvalue weighted by atomic mass is 19.4. The van der Waals surface area contributed by atoms with Crippen molar-refractivity contribution in [2.45, 2.75) is 31.7 Å². The van der Waals surface area contributed by atoms with E-state index in [1.807, 2.05) is 83.8 Å². The highest BCUT2D eigenvalue weighted by Gasteiger charge is 2.34. The summed E-state index contributed by atoms with van der Waals surface area (Å²) in [6, 6.07) is 33.2. The van der Waals surface area contributed by atoms with Crippen LogP contribution in [0.1, 0.15) is 27.8 Å². The Bertz CT molecular complexity index is 1550. The fourth-order valence-corrected chi connectivity index (χ4v) is 5.52. The van der Waals surface area contributed by atoms with Crippen molar-refractivity contribution >= 4 is 17.9 Å². The van der Waals surface area contributed by atoms with Crippen LogP contribution in [0, 0.1) is 0 Å². The minimum atomic E-state index is -4.44. The molecule has 45 heavy (non-hydrogen) atoms. The standard InChI is InChI=1S/C37H36F3N3O2/c38-37(39,40)33-19-16-29(17-20-33)18-21-35(44)43(28-32-14-8-3-9-15-32)34(26-30-10-4-1-5-11-30)36(45)42-24-22-41(23-25-42)27-31-12-6-2-7-13-31/h1-21,34H,22-28H2/b21-18+/t34-/m0/s1. The zero-order chi connectivity index (χ0) is 31.6. The summed E-state index contributed by atoms with van der Waals surface area (Å²) in [6.45, 7) is 3.55. The van der Waals surface area contributed by atoms with E-state index >= 15 is 0 Å². The number of carbonyl (C=O) groups is 2. The van der Waals surface area contributed by atoms with Crippen molar-refractivity contribution in [3.8, 4) is 0 Å². The van der Waals surface area contributed by atoms with Gasteiger partial charge >= 0.3 is 6.18 Å². The number of piperazine rings is 1. The molecule has 0 N–H and O–H groups in total. The van der Waals surface area contributed by atoms with Crippen LogP contribution in [0.2, 0.25) is 0 Å². The molecule has 8 heteroatoms. The van der Waals surface area contributed by atoms with Gasteiger partial charge in [-0.2, -0.15) is 13.2 Å². The number of rotatable bonds is 10.